The molecule has 0 bridgehead atoms. The lowest BCUT2D eigenvalue weighted by Crippen LogP contribution is -2.33. The Hall–Kier alpha value is -2.61. The summed E-state index contributed by atoms with van der Waals surface area (Å²) in [7, 11) is 1.81. The van der Waals surface area contributed by atoms with Crippen molar-refractivity contribution in [2.24, 2.45) is 0 Å². The molecule has 1 saturated heterocycles. The van der Waals surface area contributed by atoms with Gasteiger partial charge in [-0.25, -0.2) is 9.37 Å². The van der Waals surface area contributed by atoms with Gasteiger partial charge < -0.3 is 15.0 Å². The van der Waals surface area contributed by atoms with E-state index in [2.05, 4.69) is 30.4 Å². The van der Waals surface area contributed by atoms with Crippen LogP contribution in [0.1, 0.15) is 19.3 Å². The number of hydrogen-bond acceptors (Lipinski definition) is 5. The molecule has 1 aliphatic heterocycles. The highest BCUT2D eigenvalue weighted by Gasteiger charge is 2.15. The molecule has 26 heavy (non-hydrogen) atoms. The molecule has 0 spiro atoms. The van der Waals surface area contributed by atoms with Gasteiger partial charge in [0.2, 0.25) is 0 Å². The van der Waals surface area contributed by atoms with E-state index >= 15 is 0 Å². The number of fused-ring (bicyclic) bond motifs is 1. The number of hydrogen-bond donors (Lipinski definition) is 3. The van der Waals surface area contributed by atoms with Crippen LogP contribution in [0, 0.1) is 5.82 Å². The molecule has 1 aromatic carbocycles. The first-order valence-electron chi connectivity index (χ1n) is 9.00. The maximum absolute atomic E-state index is 14.4. The van der Waals surface area contributed by atoms with Crippen molar-refractivity contribution in [2.45, 2.75) is 19.3 Å². The predicted octanol–water partition coefficient (Wildman–Crippen LogP) is 3.00. The van der Waals surface area contributed by atoms with Gasteiger partial charge in [0.25, 0.3) is 0 Å². The fourth-order valence-electron chi connectivity index (χ4n) is 3.36. The lowest BCUT2D eigenvalue weighted by Gasteiger charge is -2.26. The zero-order valence-electron chi connectivity index (χ0n) is 14.8. The van der Waals surface area contributed by atoms with Crippen LogP contribution in [0.5, 0.6) is 5.75 Å². The van der Waals surface area contributed by atoms with Crippen LogP contribution in [0.2, 0.25) is 0 Å². The second kappa shape index (κ2) is 7.33. The second-order valence-corrected chi connectivity index (χ2v) is 6.54. The first kappa shape index (κ1) is 16.8. The molecule has 3 heterocycles. The number of nitrogens with zero attached hydrogens (tertiary/aromatic N) is 3. The average molecular weight is 358 g/mol. The van der Waals surface area contributed by atoms with Crippen LogP contribution in [-0.4, -0.2) is 58.4 Å². The van der Waals surface area contributed by atoms with E-state index in [-0.39, 0.29) is 11.6 Å². The van der Waals surface area contributed by atoms with Gasteiger partial charge >= 0.3 is 0 Å². The Balaban J connectivity index is 1.50. The molecule has 0 amide bonds. The van der Waals surface area contributed by atoms with Crippen molar-refractivity contribution >= 4 is 16.7 Å². The fourth-order valence-corrected chi connectivity index (χ4v) is 3.36. The molecule has 138 valence electrons. The van der Waals surface area contributed by atoms with Crippen LogP contribution in [0.3, 0.4) is 0 Å². The summed E-state index contributed by atoms with van der Waals surface area (Å²) in [6.45, 7) is 3.50. The molecular weight excluding hydrogens is 335 g/mol. The minimum Gasteiger partial charge on any atom is -0.489 e. The number of benzene rings is 1. The first-order valence-corrected chi connectivity index (χ1v) is 9.00. The van der Waals surface area contributed by atoms with E-state index in [1.807, 2.05) is 7.05 Å². The number of nitrogens with one attached hydrogen (secondary N) is 3. The van der Waals surface area contributed by atoms with Gasteiger partial charge in [0, 0.05) is 25.7 Å². The zero-order valence-corrected chi connectivity index (χ0v) is 14.8. The summed E-state index contributed by atoms with van der Waals surface area (Å²) < 4.78 is 20.1. The largest absolute Gasteiger partial charge is 0.489 e. The fraction of sp³-hybridized carbons (Fsp3) is 0.444. The number of halogens is 1. The van der Waals surface area contributed by atoms with Crippen molar-refractivity contribution in [2.75, 3.05) is 38.6 Å². The van der Waals surface area contributed by atoms with E-state index in [1.165, 1.54) is 25.3 Å². The average Bonchev–Trinajstić information content (AvgIpc) is 3.28. The van der Waals surface area contributed by atoms with E-state index in [1.54, 1.807) is 12.3 Å². The van der Waals surface area contributed by atoms with Gasteiger partial charge in [0.05, 0.1) is 22.9 Å². The number of aromatic amines is 2. The standard InChI is InChI=1S/C18H23FN6O/c1-20-15-11-21-24-17(15)18-22-13-9-12(19)16(10-14(13)23-18)26-8-7-25-5-3-2-4-6-25/h9-11,20H,2-8H2,1H3,(H,21,24)(H,22,23). The summed E-state index contributed by atoms with van der Waals surface area (Å²) in [5.74, 6) is 0.461. The summed E-state index contributed by atoms with van der Waals surface area (Å²) in [4.78, 5) is 10.0. The number of anilines is 1. The Morgan fingerprint density at radius 2 is 2.12 bits per heavy atom. The minimum absolute atomic E-state index is 0.242. The van der Waals surface area contributed by atoms with Gasteiger partial charge in [-0.2, -0.15) is 5.10 Å². The van der Waals surface area contributed by atoms with Gasteiger partial charge in [-0.05, 0) is 25.9 Å². The number of ether oxygens (including phenoxy) is 1. The van der Waals surface area contributed by atoms with Gasteiger partial charge in [0.1, 0.15) is 12.3 Å². The molecule has 3 aromatic rings. The smallest absolute Gasteiger partial charge is 0.167 e. The molecule has 7 nitrogen and oxygen atoms in total. The number of aromatic nitrogens is 4. The van der Waals surface area contributed by atoms with Gasteiger partial charge in [-0.3, -0.25) is 10.00 Å². The monoisotopic (exact) mass is 358 g/mol. The number of piperidine rings is 1. The molecule has 0 unspecified atom stereocenters. The lowest BCUT2D eigenvalue weighted by molar-refractivity contribution is 0.180. The Morgan fingerprint density at radius 3 is 2.92 bits per heavy atom. The van der Waals surface area contributed by atoms with Crippen LogP contribution in [0.25, 0.3) is 22.6 Å². The molecule has 0 radical (unpaired) electrons. The van der Waals surface area contributed by atoms with Gasteiger partial charge in [-0.1, -0.05) is 6.42 Å². The number of H-pyrrole nitrogens is 2. The number of likely N-dealkylation sites (tertiary alicyclic amines) is 1. The highest BCUT2D eigenvalue weighted by molar-refractivity contribution is 5.82. The first-order chi connectivity index (χ1) is 12.7. The Labute approximate surface area is 150 Å². The summed E-state index contributed by atoms with van der Waals surface area (Å²) in [6.07, 6.45) is 5.45. The van der Waals surface area contributed by atoms with Crippen molar-refractivity contribution in [3.8, 4) is 17.3 Å². The van der Waals surface area contributed by atoms with E-state index in [4.69, 9.17) is 4.74 Å². The van der Waals surface area contributed by atoms with Crippen LogP contribution < -0.4 is 10.1 Å². The van der Waals surface area contributed by atoms with Crippen LogP contribution in [0.4, 0.5) is 10.1 Å². The van der Waals surface area contributed by atoms with Crippen molar-refractivity contribution in [3.63, 3.8) is 0 Å². The third-order valence-corrected chi connectivity index (χ3v) is 4.79. The van der Waals surface area contributed by atoms with Crippen molar-refractivity contribution in [3.05, 3.63) is 24.1 Å². The van der Waals surface area contributed by atoms with Crippen molar-refractivity contribution in [1.29, 1.82) is 0 Å². The van der Waals surface area contributed by atoms with Crippen LogP contribution >= 0.6 is 0 Å². The highest BCUT2D eigenvalue weighted by atomic mass is 19.1. The molecule has 8 heteroatoms. The maximum atomic E-state index is 14.4. The normalized spacial score (nSPS) is 15.5. The van der Waals surface area contributed by atoms with E-state index < -0.39 is 0 Å². The van der Waals surface area contributed by atoms with Crippen molar-refractivity contribution < 1.29 is 9.13 Å². The molecule has 4 rings (SSSR count). The third kappa shape index (κ3) is 3.37. The number of imidazole rings is 1. The van der Waals surface area contributed by atoms with Gasteiger partial charge in [-0.15, -0.1) is 0 Å². The molecule has 1 fully saturated rings. The zero-order chi connectivity index (χ0) is 17.9. The highest BCUT2D eigenvalue weighted by Crippen LogP contribution is 2.28. The third-order valence-electron chi connectivity index (χ3n) is 4.79. The molecule has 0 aliphatic carbocycles. The summed E-state index contributed by atoms with van der Waals surface area (Å²) >= 11 is 0. The summed E-state index contributed by atoms with van der Waals surface area (Å²) in [5.41, 5.74) is 2.84. The summed E-state index contributed by atoms with van der Waals surface area (Å²) in [5, 5.41) is 9.95. The quantitative estimate of drug-likeness (QED) is 0.631. The Bertz CT molecular complexity index is 883. The van der Waals surface area contributed by atoms with Crippen molar-refractivity contribution in [1.82, 2.24) is 25.1 Å². The van der Waals surface area contributed by atoms with E-state index in [9.17, 15) is 4.39 Å². The van der Waals surface area contributed by atoms with E-state index in [0.717, 1.165) is 31.0 Å². The Morgan fingerprint density at radius 1 is 1.27 bits per heavy atom. The Kier molecular flexibility index (Phi) is 4.75. The molecular formula is C18H23FN6O. The topological polar surface area (TPSA) is 81.9 Å². The summed E-state index contributed by atoms with van der Waals surface area (Å²) in [6, 6.07) is 3.08. The number of rotatable bonds is 6. The van der Waals surface area contributed by atoms with Crippen LogP contribution in [0.15, 0.2) is 18.3 Å². The minimum atomic E-state index is -0.384. The molecule has 1 aliphatic rings. The maximum Gasteiger partial charge on any atom is 0.167 e. The lowest BCUT2D eigenvalue weighted by atomic mass is 10.1. The van der Waals surface area contributed by atoms with E-state index in [0.29, 0.717) is 23.5 Å². The van der Waals surface area contributed by atoms with Crippen LogP contribution in [-0.2, 0) is 0 Å². The molecule has 2 aromatic heterocycles. The second-order valence-electron chi connectivity index (χ2n) is 6.54. The molecule has 3 N–H and O–H groups in total. The van der Waals surface area contributed by atoms with Gasteiger partial charge in [0.15, 0.2) is 17.4 Å². The SMILES string of the molecule is CNc1cn[nH]c1-c1nc2cc(OCCN3CCCCC3)c(F)cc2[nH]1. The molecule has 0 saturated carbocycles. The molecule has 0 atom stereocenters. The predicted molar refractivity (Wildman–Crippen MR) is 99.0 cm³/mol.